The predicted octanol–water partition coefficient (Wildman–Crippen LogP) is 4.39. The molecular weight excluding hydrogens is 354 g/mol. The molecule has 2 aromatic carbocycles. The average molecular weight is 377 g/mol. The fourth-order valence-corrected chi connectivity index (χ4v) is 3.38. The van der Waals surface area contributed by atoms with Crippen molar-refractivity contribution in [1.82, 2.24) is 15.0 Å². The first-order valence-corrected chi connectivity index (χ1v) is 9.65. The van der Waals surface area contributed by atoms with Gasteiger partial charge < -0.3 is 14.2 Å². The van der Waals surface area contributed by atoms with Crippen LogP contribution in [0.15, 0.2) is 59.1 Å². The molecule has 4 rings (SSSR count). The van der Waals surface area contributed by atoms with E-state index in [4.69, 9.17) is 9.26 Å². The Morgan fingerprint density at radius 3 is 2.68 bits per heavy atom. The zero-order chi connectivity index (χ0) is 19.3. The van der Waals surface area contributed by atoms with Crippen LogP contribution in [0.25, 0.3) is 11.4 Å². The van der Waals surface area contributed by atoms with E-state index in [1.165, 1.54) is 0 Å². The predicted molar refractivity (Wildman–Crippen MR) is 104 cm³/mol. The fraction of sp³-hybridized carbons (Fsp3) is 0.318. The van der Waals surface area contributed by atoms with Gasteiger partial charge in [-0.3, -0.25) is 4.79 Å². The molecule has 28 heavy (non-hydrogen) atoms. The van der Waals surface area contributed by atoms with Crippen LogP contribution in [0.5, 0.6) is 5.75 Å². The van der Waals surface area contributed by atoms with Crippen LogP contribution < -0.4 is 4.74 Å². The molecule has 0 N–H and O–H groups in total. The van der Waals surface area contributed by atoms with Crippen LogP contribution in [-0.2, 0) is 11.3 Å². The van der Waals surface area contributed by atoms with Crippen LogP contribution in [0.3, 0.4) is 0 Å². The summed E-state index contributed by atoms with van der Waals surface area (Å²) in [6.45, 7) is 3.31. The summed E-state index contributed by atoms with van der Waals surface area (Å²) in [6.07, 6.45) is 2.16. The van der Waals surface area contributed by atoms with E-state index in [0.717, 1.165) is 23.3 Å². The molecule has 0 saturated carbocycles. The van der Waals surface area contributed by atoms with Crippen LogP contribution in [0.2, 0.25) is 0 Å². The number of rotatable bonds is 7. The number of aromatic nitrogens is 2. The Bertz CT molecular complexity index is 922. The number of amides is 1. The molecule has 2 heterocycles. The van der Waals surface area contributed by atoms with Gasteiger partial charge in [0.2, 0.25) is 17.6 Å². The van der Waals surface area contributed by atoms with Crippen molar-refractivity contribution in [2.45, 2.75) is 38.8 Å². The zero-order valence-electron chi connectivity index (χ0n) is 15.9. The molecule has 1 aromatic heterocycles. The summed E-state index contributed by atoms with van der Waals surface area (Å²) in [5, 5.41) is 4.12. The molecule has 0 aliphatic carbocycles. The number of ether oxygens (including phenoxy) is 1. The average Bonchev–Trinajstić information content (AvgIpc) is 3.35. The first kappa shape index (κ1) is 18.2. The highest BCUT2D eigenvalue weighted by Gasteiger charge is 2.35. The van der Waals surface area contributed by atoms with Crippen molar-refractivity contribution in [3.63, 3.8) is 0 Å². The van der Waals surface area contributed by atoms with E-state index in [2.05, 4.69) is 17.1 Å². The Balaban J connectivity index is 1.50. The molecule has 6 heteroatoms. The Morgan fingerprint density at radius 2 is 1.93 bits per heavy atom. The van der Waals surface area contributed by atoms with Crippen molar-refractivity contribution in [1.29, 1.82) is 0 Å². The van der Waals surface area contributed by atoms with Gasteiger partial charge in [-0.25, -0.2) is 0 Å². The zero-order valence-corrected chi connectivity index (χ0v) is 15.9. The van der Waals surface area contributed by atoms with E-state index >= 15 is 0 Å². The molecule has 144 valence electrons. The lowest BCUT2D eigenvalue weighted by Crippen LogP contribution is -2.27. The summed E-state index contributed by atoms with van der Waals surface area (Å²) >= 11 is 0. The summed E-state index contributed by atoms with van der Waals surface area (Å²) < 4.78 is 11.1. The lowest BCUT2D eigenvalue weighted by atomic mass is 10.1. The Kier molecular flexibility index (Phi) is 5.37. The topological polar surface area (TPSA) is 68.5 Å². The molecule has 1 aliphatic heterocycles. The molecule has 0 bridgehead atoms. The van der Waals surface area contributed by atoms with Gasteiger partial charge in [0.1, 0.15) is 11.8 Å². The van der Waals surface area contributed by atoms with Crippen LogP contribution in [0.4, 0.5) is 0 Å². The second-order valence-corrected chi connectivity index (χ2v) is 6.89. The maximum Gasteiger partial charge on any atom is 0.249 e. The molecule has 6 nitrogen and oxygen atoms in total. The van der Waals surface area contributed by atoms with Crippen LogP contribution in [-0.4, -0.2) is 27.6 Å². The van der Waals surface area contributed by atoms with Crippen molar-refractivity contribution in [2.24, 2.45) is 0 Å². The van der Waals surface area contributed by atoms with E-state index in [-0.39, 0.29) is 11.9 Å². The van der Waals surface area contributed by atoms with Crippen molar-refractivity contribution in [3.05, 3.63) is 66.1 Å². The minimum Gasteiger partial charge on any atom is -0.494 e. The number of hydrogen-bond acceptors (Lipinski definition) is 5. The summed E-state index contributed by atoms with van der Waals surface area (Å²) in [4.78, 5) is 18.8. The van der Waals surface area contributed by atoms with Gasteiger partial charge in [-0.2, -0.15) is 4.98 Å². The van der Waals surface area contributed by atoms with Gasteiger partial charge in [0.25, 0.3) is 0 Å². The Morgan fingerprint density at radius 1 is 1.14 bits per heavy atom. The van der Waals surface area contributed by atoms with Crippen molar-refractivity contribution < 1.29 is 14.1 Å². The first-order valence-electron chi connectivity index (χ1n) is 9.65. The second-order valence-electron chi connectivity index (χ2n) is 6.89. The van der Waals surface area contributed by atoms with Crippen LogP contribution in [0.1, 0.15) is 43.7 Å². The lowest BCUT2D eigenvalue weighted by Gasteiger charge is -2.22. The normalized spacial score (nSPS) is 16.5. The Labute approximate surface area is 164 Å². The highest BCUT2D eigenvalue weighted by molar-refractivity contribution is 5.78. The monoisotopic (exact) mass is 377 g/mol. The van der Waals surface area contributed by atoms with Gasteiger partial charge in [0.05, 0.1) is 6.61 Å². The minimum absolute atomic E-state index is 0.117. The van der Waals surface area contributed by atoms with E-state index in [9.17, 15) is 4.79 Å². The molecule has 1 amide bonds. The molecule has 0 radical (unpaired) electrons. The number of carbonyl (C=O) groups is 1. The van der Waals surface area contributed by atoms with Gasteiger partial charge in [0, 0.05) is 18.5 Å². The fourth-order valence-electron chi connectivity index (χ4n) is 3.38. The lowest BCUT2D eigenvalue weighted by molar-refractivity contribution is -0.129. The highest BCUT2D eigenvalue weighted by atomic mass is 16.5. The van der Waals surface area contributed by atoms with Crippen molar-refractivity contribution in [3.8, 4) is 17.1 Å². The molecule has 1 unspecified atom stereocenters. The maximum absolute atomic E-state index is 12.4. The number of likely N-dealkylation sites (tertiary alicyclic amines) is 1. The summed E-state index contributed by atoms with van der Waals surface area (Å²) in [5.74, 6) is 1.95. The van der Waals surface area contributed by atoms with Crippen LogP contribution >= 0.6 is 0 Å². The van der Waals surface area contributed by atoms with Gasteiger partial charge in [-0.15, -0.1) is 0 Å². The van der Waals surface area contributed by atoms with E-state index in [1.54, 1.807) is 0 Å². The molecule has 1 fully saturated rings. The first-order chi connectivity index (χ1) is 13.7. The Hall–Kier alpha value is -3.15. The third-order valence-electron chi connectivity index (χ3n) is 4.84. The molecule has 1 atom stereocenters. The number of benzene rings is 2. The minimum atomic E-state index is -0.180. The highest BCUT2D eigenvalue weighted by Crippen LogP contribution is 2.34. The van der Waals surface area contributed by atoms with Crippen molar-refractivity contribution >= 4 is 5.91 Å². The summed E-state index contributed by atoms with van der Waals surface area (Å²) in [7, 11) is 0. The summed E-state index contributed by atoms with van der Waals surface area (Å²) in [6, 6.07) is 17.4. The van der Waals surface area contributed by atoms with Gasteiger partial charge in [-0.1, -0.05) is 42.4 Å². The smallest absolute Gasteiger partial charge is 0.249 e. The molecular formula is C22H23N3O3. The number of hydrogen-bond donors (Lipinski definition) is 0. The van der Waals surface area contributed by atoms with Gasteiger partial charge in [0.15, 0.2) is 0 Å². The van der Waals surface area contributed by atoms with E-state index < -0.39 is 0 Å². The number of nitrogens with zero attached hydrogens (tertiary/aromatic N) is 3. The molecule has 1 aliphatic rings. The third-order valence-corrected chi connectivity index (χ3v) is 4.84. The molecule has 1 saturated heterocycles. The largest absolute Gasteiger partial charge is 0.494 e. The van der Waals surface area contributed by atoms with Crippen LogP contribution in [0, 0.1) is 0 Å². The molecule has 0 spiro atoms. The van der Waals surface area contributed by atoms with E-state index in [0.29, 0.717) is 37.7 Å². The SMILES string of the molecule is CCCOc1ccc(-c2noc(C3CCC(=O)N3Cc3ccccc3)n2)cc1. The van der Waals surface area contributed by atoms with Gasteiger partial charge >= 0.3 is 0 Å². The molecule has 3 aromatic rings. The standard InChI is InChI=1S/C22H23N3O3/c1-2-14-27-18-10-8-17(9-11-18)21-23-22(28-24-21)19-12-13-20(26)25(19)15-16-6-4-3-5-7-16/h3-11,19H,2,12-15H2,1H3. The second kappa shape index (κ2) is 8.25. The number of carbonyl (C=O) groups excluding carboxylic acids is 1. The van der Waals surface area contributed by atoms with E-state index in [1.807, 2.05) is 59.5 Å². The van der Waals surface area contributed by atoms with Crippen molar-refractivity contribution in [2.75, 3.05) is 6.61 Å². The van der Waals surface area contributed by atoms with Gasteiger partial charge in [-0.05, 0) is 42.7 Å². The third kappa shape index (κ3) is 3.91. The maximum atomic E-state index is 12.4. The quantitative estimate of drug-likeness (QED) is 0.611. The summed E-state index contributed by atoms with van der Waals surface area (Å²) in [5.41, 5.74) is 1.95.